The second-order valence-electron chi connectivity index (χ2n) is 4.65. The van der Waals surface area contributed by atoms with Crippen LogP contribution in [0.1, 0.15) is 18.4 Å². The Bertz CT molecular complexity index is 615. The molecule has 1 saturated heterocycles. The molecule has 0 spiro atoms. The molecule has 2 heterocycles. The summed E-state index contributed by atoms with van der Waals surface area (Å²) >= 11 is 0. The molecule has 5 nitrogen and oxygen atoms in total. The van der Waals surface area contributed by atoms with Crippen molar-refractivity contribution in [3.63, 3.8) is 0 Å². The number of aromatic nitrogens is 2. The van der Waals surface area contributed by atoms with Crippen LogP contribution in [0.25, 0.3) is 11.4 Å². The topological polar surface area (TPSA) is 60.2 Å². The number of ether oxygens (including phenoxy) is 1. The van der Waals surface area contributed by atoms with E-state index in [-0.39, 0.29) is 18.9 Å². The van der Waals surface area contributed by atoms with Crippen molar-refractivity contribution in [3.05, 3.63) is 30.2 Å². The third-order valence-electron chi connectivity index (χ3n) is 3.20. The summed E-state index contributed by atoms with van der Waals surface area (Å²) in [5.74, 6) is -1.63. The molecular weight excluding hydrogens is 268 g/mol. The average molecular weight is 281 g/mol. The molecule has 1 aliphatic heterocycles. The molecule has 0 aliphatic carbocycles. The second kappa shape index (κ2) is 4.82. The molecule has 0 amide bonds. The molecule has 0 saturated carbocycles. The molecule has 1 unspecified atom stereocenters. The summed E-state index contributed by atoms with van der Waals surface area (Å²) in [6.07, 6.45) is -0.333. The van der Waals surface area contributed by atoms with Crippen molar-refractivity contribution >= 4 is 0 Å². The number of hydrogen-bond donors (Lipinski definition) is 1. The van der Waals surface area contributed by atoms with Crippen LogP contribution in [0.15, 0.2) is 28.8 Å². The molecule has 1 N–H and O–H groups in total. The minimum atomic E-state index is -2.73. The van der Waals surface area contributed by atoms with Crippen molar-refractivity contribution in [2.75, 3.05) is 13.7 Å². The van der Waals surface area contributed by atoms with E-state index < -0.39 is 12.0 Å². The lowest BCUT2D eigenvalue weighted by Gasteiger charge is -2.05. The fraction of sp³-hybridized carbons (Fsp3) is 0.385. The number of hydrogen-bond acceptors (Lipinski definition) is 5. The zero-order valence-electron chi connectivity index (χ0n) is 10.8. The summed E-state index contributed by atoms with van der Waals surface area (Å²) < 4.78 is 36.6. The van der Waals surface area contributed by atoms with Gasteiger partial charge in [-0.3, -0.25) is 5.32 Å². The lowest BCUT2D eigenvalue weighted by molar-refractivity contribution is 0.0200. The number of nitrogens with zero attached hydrogens (tertiary/aromatic N) is 2. The minimum absolute atomic E-state index is 0.170. The van der Waals surface area contributed by atoms with E-state index in [1.54, 1.807) is 19.2 Å². The van der Waals surface area contributed by atoms with Gasteiger partial charge in [-0.05, 0) is 12.1 Å². The monoisotopic (exact) mass is 281 g/mol. The number of alkyl halides is 2. The number of para-hydroxylation sites is 1. The van der Waals surface area contributed by atoms with Gasteiger partial charge in [0, 0.05) is 6.42 Å². The van der Waals surface area contributed by atoms with Crippen LogP contribution in [-0.4, -0.2) is 29.7 Å². The maximum atomic E-state index is 13.2. The van der Waals surface area contributed by atoms with Crippen molar-refractivity contribution in [1.29, 1.82) is 0 Å². The van der Waals surface area contributed by atoms with Gasteiger partial charge in [0.15, 0.2) is 0 Å². The largest absolute Gasteiger partial charge is 0.496 e. The molecule has 1 atom stereocenters. The van der Waals surface area contributed by atoms with Crippen LogP contribution in [0.3, 0.4) is 0 Å². The minimum Gasteiger partial charge on any atom is -0.496 e. The number of halogens is 2. The first-order valence-electron chi connectivity index (χ1n) is 6.17. The Hall–Kier alpha value is -2.02. The van der Waals surface area contributed by atoms with Crippen LogP contribution >= 0.6 is 0 Å². The molecule has 20 heavy (non-hydrogen) atoms. The molecule has 106 valence electrons. The van der Waals surface area contributed by atoms with Crippen molar-refractivity contribution in [2.45, 2.75) is 18.4 Å². The van der Waals surface area contributed by atoms with Gasteiger partial charge in [0.05, 0.1) is 25.3 Å². The molecule has 1 aromatic carbocycles. The van der Waals surface area contributed by atoms with Crippen molar-refractivity contribution < 1.29 is 18.0 Å². The summed E-state index contributed by atoms with van der Waals surface area (Å²) in [4.78, 5) is 4.18. The quantitative estimate of drug-likeness (QED) is 0.936. The maximum Gasteiger partial charge on any atom is 0.262 e. The van der Waals surface area contributed by atoms with Crippen LogP contribution in [-0.2, 0) is 0 Å². The summed E-state index contributed by atoms with van der Waals surface area (Å²) in [5.41, 5.74) is 0.662. The highest BCUT2D eigenvalue weighted by atomic mass is 19.3. The second-order valence-corrected chi connectivity index (χ2v) is 4.65. The predicted octanol–water partition coefficient (Wildman–Crippen LogP) is 2.41. The van der Waals surface area contributed by atoms with E-state index in [0.29, 0.717) is 17.1 Å². The number of benzene rings is 1. The van der Waals surface area contributed by atoms with E-state index in [4.69, 9.17) is 9.26 Å². The Kier molecular flexibility index (Phi) is 3.13. The first-order valence-corrected chi connectivity index (χ1v) is 6.17. The van der Waals surface area contributed by atoms with Gasteiger partial charge in [-0.2, -0.15) is 4.98 Å². The summed E-state index contributed by atoms with van der Waals surface area (Å²) in [6.45, 7) is -0.371. The standard InChI is InChI=1S/C13H13F2N3O2/c1-19-10-5-3-2-4-8(10)11-17-12(20-18-11)9-6-13(14,15)7-16-9/h2-5,9,16H,6-7H2,1H3. The summed E-state index contributed by atoms with van der Waals surface area (Å²) in [6, 6.07) is 6.58. The Balaban J connectivity index is 1.87. The molecule has 7 heteroatoms. The lowest BCUT2D eigenvalue weighted by Crippen LogP contribution is -2.19. The Morgan fingerprint density at radius 3 is 2.90 bits per heavy atom. The summed E-state index contributed by atoms with van der Waals surface area (Å²) in [5, 5.41) is 6.52. The van der Waals surface area contributed by atoms with Crippen LogP contribution < -0.4 is 10.1 Å². The predicted molar refractivity (Wildman–Crippen MR) is 66.6 cm³/mol. The van der Waals surface area contributed by atoms with Crippen molar-refractivity contribution in [1.82, 2.24) is 15.5 Å². The Labute approximate surface area is 113 Å². The van der Waals surface area contributed by atoms with E-state index in [9.17, 15) is 8.78 Å². The molecule has 1 fully saturated rings. The first-order chi connectivity index (χ1) is 9.59. The van der Waals surface area contributed by atoms with Gasteiger partial charge in [0.1, 0.15) is 5.75 Å². The van der Waals surface area contributed by atoms with Crippen molar-refractivity contribution in [3.8, 4) is 17.1 Å². The highest BCUT2D eigenvalue weighted by molar-refractivity contribution is 5.63. The first kappa shape index (κ1) is 13.0. The smallest absolute Gasteiger partial charge is 0.262 e. The summed E-state index contributed by atoms with van der Waals surface area (Å²) in [7, 11) is 1.54. The molecule has 1 aliphatic rings. The van der Waals surface area contributed by atoms with Gasteiger partial charge in [0.25, 0.3) is 5.92 Å². The van der Waals surface area contributed by atoms with Gasteiger partial charge in [-0.15, -0.1) is 0 Å². The SMILES string of the molecule is COc1ccccc1-c1noc(C2CC(F)(F)CN2)n1. The Morgan fingerprint density at radius 1 is 1.40 bits per heavy atom. The van der Waals surface area contributed by atoms with Crippen LogP contribution in [0, 0.1) is 0 Å². The number of nitrogens with one attached hydrogen (secondary N) is 1. The van der Waals surface area contributed by atoms with Crippen LogP contribution in [0.5, 0.6) is 5.75 Å². The van der Waals surface area contributed by atoms with E-state index in [1.165, 1.54) is 0 Å². The van der Waals surface area contributed by atoms with E-state index in [1.807, 2.05) is 12.1 Å². The van der Waals surface area contributed by atoms with Gasteiger partial charge in [-0.25, -0.2) is 8.78 Å². The number of rotatable bonds is 3. The lowest BCUT2D eigenvalue weighted by atomic mass is 10.2. The zero-order valence-corrected chi connectivity index (χ0v) is 10.8. The van der Waals surface area contributed by atoms with Crippen LogP contribution in [0.4, 0.5) is 8.78 Å². The highest BCUT2D eigenvalue weighted by Crippen LogP contribution is 2.34. The van der Waals surface area contributed by atoms with Crippen molar-refractivity contribution in [2.24, 2.45) is 0 Å². The van der Waals surface area contributed by atoms with E-state index in [0.717, 1.165) is 0 Å². The highest BCUT2D eigenvalue weighted by Gasteiger charge is 2.42. The molecule has 0 radical (unpaired) electrons. The molecule has 2 aromatic rings. The van der Waals surface area contributed by atoms with E-state index >= 15 is 0 Å². The third-order valence-corrected chi connectivity index (χ3v) is 3.20. The van der Waals surface area contributed by atoms with Gasteiger partial charge in [-0.1, -0.05) is 17.3 Å². The fourth-order valence-electron chi connectivity index (χ4n) is 2.21. The Morgan fingerprint density at radius 2 is 2.20 bits per heavy atom. The normalized spacial score (nSPS) is 21.1. The molecule has 3 rings (SSSR count). The third kappa shape index (κ3) is 2.36. The fourth-order valence-corrected chi connectivity index (χ4v) is 2.21. The van der Waals surface area contributed by atoms with Gasteiger partial charge >= 0.3 is 0 Å². The average Bonchev–Trinajstić information content (AvgIpc) is 3.05. The van der Waals surface area contributed by atoms with E-state index in [2.05, 4.69) is 15.5 Å². The maximum absolute atomic E-state index is 13.2. The van der Waals surface area contributed by atoms with Crippen LogP contribution in [0.2, 0.25) is 0 Å². The number of methoxy groups -OCH3 is 1. The van der Waals surface area contributed by atoms with Gasteiger partial charge in [0.2, 0.25) is 11.7 Å². The zero-order chi connectivity index (χ0) is 14.2. The molecular formula is C13H13F2N3O2. The molecule has 1 aromatic heterocycles. The van der Waals surface area contributed by atoms with Gasteiger partial charge < -0.3 is 9.26 Å². The molecule has 0 bridgehead atoms.